The molecule has 0 aromatic heterocycles. The molecule has 0 amide bonds. The van der Waals surface area contributed by atoms with Crippen molar-refractivity contribution in [1.29, 1.82) is 0 Å². The fraction of sp³-hybridized carbons (Fsp3) is 0.600. The van der Waals surface area contributed by atoms with Crippen LogP contribution in [0.2, 0.25) is 0 Å². The maximum atomic E-state index is 12.4. The van der Waals surface area contributed by atoms with Gasteiger partial charge in [-0.25, -0.2) is 0 Å². The molecule has 3 heterocycles. The molecule has 0 unspecified atom stereocenters. The average molecular weight is 495 g/mol. The summed E-state index contributed by atoms with van der Waals surface area (Å²) < 4.78 is 6.42. The predicted molar refractivity (Wildman–Crippen MR) is 143 cm³/mol. The average Bonchev–Trinajstić information content (AvgIpc) is 3.43. The Labute approximate surface area is 215 Å². The molecule has 0 spiro atoms. The van der Waals surface area contributed by atoms with Crippen LogP contribution >= 0.6 is 0 Å². The number of nitrogens with zero attached hydrogens (tertiary/aromatic N) is 2. The second kappa shape index (κ2) is 12.1. The van der Waals surface area contributed by atoms with Crippen molar-refractivity contribution in [3.8, 4) is 11.5 Å². The largest absolute Gasteiger partial charge is 0.504 e. The fourth-order valence-corrected chi connectivity index (χ4v) is 5.73. The Balaban J connectivity index is 1.38. The van der Waals surface area contributed by atoms with Crippen molar-refractivity contribution < 1.29 is 19.7 Å². The Morgan fingerprint density at radius 2 is 2.08 bits per heavy atom. The number of Topliss-reactive ketones (excluding diaryl/α,β-unsaturated/α-hetero) is 1. The number of aromatic hydroxyl groups is 1. The minimum atomic E-state index is -0.545. The molecular weight excluding hydrogens is 452 g/mol. The number of phenols is 1. The molecule has 6 heteroatoms. The first-order valence-electron chi connectivity index (χ1n) is 13.8. The number of unbranched alkanes of at least 4 members (excludes halogenated alkanes) is 2. The third-order valence-electron chi connectivity index (χ3n) is 7.52. The first-order valence-corrected chi connectivity index (χ1v) is 13.8. The number of aliphatic hydroxyl groups is 1. The Bertz CT molecular complexity index is 1030. The summed E-state index contributed by atoms with van der Waals surface area (Å²) in [6, 6.07) is 5.37. The highest BCUT2D eigenvalue weighted by Crippen LogP contribution is 2.43. The number of aliphatic hydroxyl groups excluding tert-OH is 1. The van der Waals surface area contributed by atoms with Crippen LogP contribution in [-0.4, -0.2) is 45.5 Å². The van der Waals surface area contributed by atoms with E-state index in [9.17, 15) is 15.0 Å². The van der Waals surface area contributed by atoms with Crippen LogP contribution in [-0.2, 0) is 11.2 Å². The van der Waals surface area contributed by atoms with E-state index >= 15 is 0 Å². The Morgan fingerprint density at radius 3 is 2.86 bits per heavy atom. The van der Waals surface area contributed by atoms with Gasteiger partial charge in [-0.1, -0.05) is 46.1 Å². The van der Waals surface area contributed by atoms with Crippen molar-refractivity contribution in [1.82, 2.24) is 4.90 Å². The van der Waals surface area contributed by atoms with Gasteiger partial charge in [-0.05, 0) is 55.4 Å². The summed E-state index contributed by atoms with van der Waals surface area (Å²) >= 11 is 0. The van der Waals surface area contributed by atoms with Crippen LogP contribution in [0.25, 0.3) is 0 Å². The zero-order valence-corrected chi connectivity index (χ0v) is 22.1. The highest BCUT2D eigenvalue weighted by molar-refractivity contribution is 6.09. The van der Waals surface area contributed by atoms with Crippen molar-refractivity contribution in [3.05, 3.63) is 47.3 Å². The molecule has 3 aliphatic heterocycles. The fourth-order valence-electron chi connectivity index (χ4n) is 5.73. The molecule has 4 rings (SSSR count). The van der Waals surface area contributed by atoms with Gasteiger partial charge in [0.05, 0.1) is 18.4 Å². The van der Waals surface area contributed by atoms with Crippen LogP contribution in [0, 0.1) is 11.8 Å². The lowest BCUT2D eigenvalue weighted by Crippen LogP contribution is -2.44. The molecule has 36 heavy (non-hydrogen) atoms. The van der Waals surface area contributed by atoms with E-state index < -0.39 is 6.10 Å². The monoisotopic (exact) mass is 494 g/mol. The molecular formula is C30H42N2O4. The van der Waals surface area contributed by atoms with Crippen LogP contribution in [0.5, 0.6) is 11.5 Å². The number of hydrogen-bond donors (Lipinski definition) is 2. The molecule has 196 valence electrons. The van der Waals surface area contributed by atoms with Crippen LogP contribution in [0.1, 0.15) is 84.1 Å². The second-order valence-electron chi connectivity index (χ2n) is 11.0. The number of carbonyl (C=O) groups is 1. The third kappa shape index (κ3) is 6.39. The lowest BCUT2D eigenvalue weighted by Gasteiger charge is -2.41. The topological polar surface area (TPSA) is 82.4 Å². The van der Waals surface area contributed by atoms with E-state index in [1.165, 1.54) is 11.3 Å². The molecule has 2 N–H and O–H groups in total. The van der Waals surface area contributed by atoms with Gasteiger partial charge in [0.15, 0.2) is 17.7 Å². The molecule has 0 bridgehead atoms. The summed E-state index contributed by atoms with van der Waals surface area (Å²) in [6.45, 7) is 7.41. The smallest absolute Gasteiger partial charge is 0.172 e. The lowest BCUT2D eigenvalue weighted by atomic mass is 9.85. The molecule has 6 nitrogen and oxygen atoms in total. The summed E-state index contributed by atoms with van der Waals surface area (Å²) in [5.74, 6) is 1.78. The number of benzene rings is 1. The Kier molecular flexibility index (Phi) is 8.89. The maximum Gasteiger partial charge on any atom is 0.172 e. The number of fused-ring (bicyclic) bond motifs is 2. The number of aryl methyl sites for hydroxylation is 1. The number of piperidine rings is 1. The van der Waals surface area contributed by atoms with Gasteiger partial charge in [0.1, 0.15) is 5.78 Å². The molecule has 0 radical (unpaired) electrons. The number of ketones is 1. The number of phenolic OH excluding ortho intramolecular Hbond substituents is 1. The second-order valence-corrected chi connectivity index (χ2v) is 11.0. The van der Waals surface area contributed by atoms with Gasteiger partial charge in [-0.2, -0.15) is 0 Å². The summed E-state index contributed by atoms with van der Waals surface area (Å²) in [6.07, 6.45) is 11.4. The quantitative estimate of drug-likeness (QED) is 0.333. The van der Waals surface area contributed by atoms with E-state index in [1.54, 1.807) is 6.07 Å². The van der Waals surface area contributed by atoms with Gasteiger partial charge in [0, 0.05) is 42.7 Å². The normalized spacial score (nSPS) is 21.6. The van der Waals surface area contributed by atoms with Gasteiger partial charge in [-0.15, -0.1) is 0 Å². The van der Waals surface area contributed by atoms with Crippen molar-refractivity contribution in [2.24, 2.45) is 16.8 Å². The van der Waals surface area contributed by atoms with E-state index in [0.717, 1.165) is 56.3 Å². The predicted octanol–water partition coefficient (Wildman–Crippen LogP) is 5.92. The highest BCUT2D eigenvalue weighted by atomic mass is 16.5. The lowest BCUT2D eigenvalue weighted by molar-refractivity contribution is -0.121. The summed E-state index contributed by atoms with van der Waals surface area (Å²) in [5.41, 5.74) is 4.66. The number of carbonyl (C=O) groups excluding carboxylic acids is 1. The standard InChI is InChI=1S/C30H42N2O4/c1-4-5-6-7-23(33)18-24(34)11-8-21-9-12-27(35)28(17-21)36-29-13-10-22(16-20(2)3)30-25-14-15-31-26(25)19-32(29)30/h9,12,14-15,17,20,22-23,29,33,35H,4-8,10-11,13,16,18-19H2,1-3H3/t22-,23-,29-/m1/s1. The van der Waals surface area contributed by atoms with Crippen LogP contribution in [0.4, 0.5) is 0 Å². The zero-order valence-electron chi connectivity index (χ0n) is 22.1. The first-order chi connectivity index (χ1) is 17.4. The number of hydrogen-bond acceptors (Lipinski definition) is 6. The summed E-state index contributed by atoms with van der Waals surface area (Å²) in [7, 11) is 0. The SMILES string of the molecule is CCCCC[C@@H](O)CC(=O)CCc1ccc(O)c(O[C@@H]2CC[C@H](CC(C)C)C3=C4C=CN=C4CN32)c1. The minimum Gasteiger partial charge on any atom is -0.504 e. The zero-order chi connectivity index (χ0) is 25.7. The van der Waals surface area contributed by atoms with Crippen molar-refractivity contribution in [2.45, 2.75) is 97.3 Å². The van der Waals surface area contributed by atoms with Crippen molar-refractivity contribution in [2.75, 3.05) is 6.54 Å². The van der Waals surface area contributed by atoms with E-state index in [2.05, 4.69) is 36.7 Å². The number of rotatable bonds is 13. The summed E-state index contributed by atoms with van der Waals surface area (Å²) in [4.78, 5) is 19.3. The van der Waals surface area contributed by atoms with Crippen LogP contribution in [0.3, 0.4) is 0 Å². The van der Waals surface area contributed by atoms with Crippen molar-refractivity contribution >= 4 is 11.5 Å². The maximum absolute atomic E-state index is 12.4. The molecule has 0 aliphatic carbocycles. The van der Waals surface area contributed by atoms with Gasteiger partial charge in [0.25, 0.3) is 0 Å². The number of aliphatic imine (C=N–C) groups is 1. The van der Waals surface area contributed by atoms with Gasteiger partial charge in [0.2, 0.25) is 0 Å². The van der Waals surface area contributed by atoms with Crippen LogP contribution < -0.4 is 4.74 Å². The Hall–Kier alpha value is -2.60. The number of allylic oxidation sites excluding steroid dienone is 2. The third-order valence-corrected chi connectivity index (χ3v) is 7.52. The minimum absolute atomic E-state index is 0.0757. The molecule has 0 saturated carbocycles. The molecule has 1 fully saturated rings. The summed E-state index contributed by atoms with van der Waals surface area (Å²) in [5, 5.41) is 20.7. The van der Waals surface area contributed by atoms with E-state index in [-0.39, 0.29) is 24.2 Å². The molecule has 3 aliphatic rings. The Morgan fingerprint density at radius 1 is 1.25 bits per heavy atom. The van der Waals surface area contributed by atoms with E-state index in [0.29, 0.717) is 36.8 Å². The van der Waals surface area contributed by atoms with Gasteiger partial charge < -0.3 is 19.8 Å². The highest BCUT2D eigenvalue weighted by Gasteiger charge is 2.41. The van der Waals surface area contributed by atoms with Crippen molar-refractivity contribution in [3.63, 3.8) is 0 Å². The molecule has 1 aromatic carbocycles. The molecule has 3 atom stereocenters. The van der Waals surface area contributed by atoms with Crippen LogP contribution in [0.15, 0.2) is 46.7 Å². The molecule has 1 saturated heterocycles. The van der Waals surface area contributed by atoms with E-state index in [4.69, 9.17) is 4.74 Å². The van der Waals surface area contributed by atoms with E-state index in [1.807, 2.05) is 18.3 Å². The van der Waals surface area contributed by atoms with Gasteiger partial charge >= 0.3 is 0 Å². The first kappa shape index (κ1) is 26.5. The van der Waals surface area contributed by atoms with Gasteiger partial charge in [-0.3, -0.25) is 9.79 Å². The molecule has 1 aromatic rings. The number of ether oxygens (including phenoxy) is 1.